The lowest BCUT2D eigenvalue weighted by atomic mass is 10.1. The average Bonchev–Trinajstić information content (AvgIpc) is 2.94. The van der Waals surface area contributed by atoms with Crippen LogP contribution < -0.4 is 4.74 Å². The fraction of sp³-hybridized carbons (Fsp3) is 0.412. The van der Waals surface area contributed by atoms with Gasteiger partial charge in [-0.05, 0) is 31.5 Å². The highest BCUT2D eigenvalue weighted by atomic mass is 16.5. The summed E-state index contributed by atoms with van der Waals surface area (Å²) in [5.74, 6) is 0.745. The fourth-order valence-corrected chi connectivity index (χ4v) is 2.24. The van der Waals surface area contributed by atoms with Crippen molar-refractivity contribution in [1.29, 1.82) is 0 Å². The Labute approximate surface area is 125 Å². The number of para-hydroxylation sites is 1. The van der Waals surface area contributed by atoms with Gasteiger partial charge in [-0.1, -0.05) is 26.0 Å². The third-order valence-corrected chi connectivity index (χ3v) is 3.46. The molecule has 0 saturated carbocycles. The van der Waals surface area contributed by atoms with Gasteiger partial charge in [0.1, 0.15) is 12.4 Å². The molecular weight excluding hydrogens is 264 g/mol. The molecule has 0 atom stereocenters. The normalized spacial score (nSPS) is 10.6. The molecule has 0 unspecified atom stereocenters. The zero-order chi connectivity index (χ0) is 15.2. The maximum Gasteiger partial charge on any atom is 0.166 e. The van der Waals surface area contributed by atoms with E-state index in [0.717, 1.165) is 24.4 Å². The van der Waals surface area contributed by atoms with Crippen molar-refractivity contribution in [2.75, 3.05) is 0 Å². The lowest BCUT2D eigenvalue weighted by Crippen LogP contribution is -2.08. The van der Waals surface area contributed by atoms with Crippen LogP contribution in [0.25, 0.3) is 0 Å². The van der Waals surface area contributed by atoms with Gasteiger partial charge in [0, 0.05) is 13.0 Å². The minimum atomic E-state index is 0.101. The van der Waals surface area contributed by atoms with Gasteiger partial charge >= 0.3 is 0 Å². The number of aryl methyl sites for hydroxylation is 2. The molecule has 4 nitrogen and oxygen atoms in total. The second-order valence-corrected chi connectivity index (χ2v) is 4.86. The summed E-state index contributed by atoms with van der Waals surface area (Å²) in [6.45, 7) is 7.24. The molecule has 4 heteroatoms. The van der Waals surface area contributed by atoms with Crippen molar-refractivity contribution in [3.63, 3.8) is 0 Å². The van der Waals surface area contributed by atoms with E-state index in [1.165, 1.54) is 0 Å². The molecule has 0 aliphatic heterocycles. The van der Waals surface area contributed by atoms with E-state index in [1.807, 2.05) is 35.9 Å². The summed E-state index contributed by atoms with van der Waals surface area (Å²) >= 11 is 0. The molecule has 0 amide bonds. The van der Waals surface area contributed by atoms with Gasteiger partial charge in [0.2, 0.25) is 0 Å². The minimum absolute atomic E-state index is 0.101. The first-order chi connectivity index (χ1) is 10.2. The highest BCUT2D eigenvalue weighted by Gasteiger charge is 2.12. The van der Waals surface area contributed by atoms with Crippen molar-refractivity contribution in [2.24, 2.45) is 0 Å². The van der Waals surface area contributed by atoms with Crippen LogP contribution in [-0.2, 0) is 19.6 Å². The molecule has 0 spiro atoms. The van der Waals surface area contributed by atoms with Crippen LogP contribution in [-0.4, -0.2) is 15.6 Å². The summed E-state index contributed by atoms with van der Waals surface area (Å²) in [6.07, 6.45) is 1.39. The number of hydrogen-bond acceptors (Lipinski definition) is 3. The monoisotopic (exact) mass is 286 g/mol. The van der Waals surface area contributed by atoms with Crippen molar-refractivity contribution in [2.45, 2.75) is 46.8 Å². The number of ketones is 1. The standard InChI is InChI=1S/C17H22N2O2/c1-4-13-11-14(19(6-3)18-13)12-21-17-10-8-7-9-15(17)16(20)5-2/h7-11H,4-6,12H2,1-3H3. The van der Waals surface area contributed by atoms with E-state index in [-0.39, 0.29) is 5.78 Å². The molecule has 1 heterocycles. The van der Waals surface area contributed by atoms with Crippen LogP contribution in [0.5, 0.6) is 5.75 Å². The van der Waals surface area contributed by atoms with E-state index in [9.17, 15) is 4.79 Å². The van der Waals surface area contributed by atoms with Gasteiger partial charge in [0.05, 0.1) is 17.0 Å². The minimum Gasteiger partial charge on any atom is -0.487 e. The molecule has 2 aromatic rings. The zero-order valence-corrected chi connectivity index (χ0v) is 12.9. The summed E-state index contributed by atoms with van der Waals surface area (Å²) in [7, 11) is 0. The van der Waals surface area contributed by atoms with Crippen LogP contribution >= 0.6 is 0 Å². The van der Waals surface area contributed by atoms with Crippen LogP contribution in [0.15, 0.2) is 30.3 Å². The van der Waals surface area contributed by atoms with Gasteiger partial charge in [-0.3, -0.25) is 9.48 Å². The molecule has 1 aromatic heterocycles. The van der Waals surface area contributed by atoms with Crippen molar-refractivity contribution in [3.8, 4) is 5.75 Å². The second-order valence-electron chi connectivity index (χ2n) is 4.86. The van der Waals surface area contributed by atoms with E-state index < -0.39 is 0 Å². The van der Waals surface area contributed by atoms with E-state index in [2.05, 4.69) is 25.0 Å². The van der Waals surface area contributed by atoms with Crippen molar-refractivity contribution < 1.29 is 9.53 Å². The van der Waals surface area contributed by atoms with Gasteiger partial charge < -0.3 is 4.74 Å². The number of ether oxygens (including phenoxy) is 1. The molecule has 0 N–H and O–H groups in total. The Morgan fingerprint density at radius 3 is 2.67 bits per heavy atom. The van der Waals surface area contributed by atoms with Crippen LogP contribution in [0.3, 0.4) is 0 Å². The summed E-state index contributed by atoms with van der Waals surface area (Å²) < 4.78 is 7.81. The van der Waals surface area contributed by atoms with Gasteiger partial charge in [-0.15, -0.1) is 0 Å². The van der Waals surface area contributed by atoms with Gasteiger partial charge in [-0.2, -0.15) is 5.10 Å². The second kappa shape index (κ2) is 7.07. The zero-order valence-electron chi connectivity index (χ0n) is 12.9. The first-order valence-electron chi connectivity index (χ1n) is 7.50. The topological polar surface area (TPSA) is 44.1 Å². The molecule has 0 aliphatic carbocycles. The Morgan fingerprint density at radius 2 is 2.00 bits per heavy atom. The lowest BCUT2D eigenvalue weighted by Gasteiger charge is -2.11. The number of Topliss-reactive ketones (excluding diaryl/α,β-unsaturated/α-hetero) is 1. The molecule has 0 fully saturated rings. The maximum atomic E-state index is 11.9. The Kier molecular flexibility index (Phi) is 5.14. The highest BCUT2D eigenvalue weighted by molar-refractivity contribution is 5.98. The summed E-state index contributed by atoms with van der Waals surface area (Å²) in [4.78, 5) is 11.9. The summed E-state index contributed by atoms with van der Waals surface area (Å²) in [6, 6.07) is 9.47. The molecule has 0 radical (unpaired) electrons. The molecule has 0 bridgehead atoms. The number of nitrogens with zero attached hydrogens (tertiary/aromatic N) is 2. The summed E-state index contributed by atoms with van der Waals surface area (Å²) in [5, 5.41) is 4.50. The number of carbonyl (C=O) groups excluding carboxylic acids is 1. The third-order valence-electron chi connectivity index (χ3n) is 3.46. The quantitative estimate of drug-likeness (QED) is 0.730. The molecule has 21 heavy (non-hydrogen) atoms. The maximum absolute atomic E-state index is 11.9. The van der Waals surface area contributed by atoms with E-state index in [4.69, 9.17) is 4.74 Å². The lowest BCUT2D eigenvalue weighted by molar-refractivity contribution is 0.0983. The highest BCUT2D eigenvalue weighted by Crippen LogP contribution is 2.21. The van der Waals surface area contributed by atoms with E-state index >= 15 is 0 Å². The number of carbonyl (C=O) groups is 1. The van der Waals surface area contributed by atoms with Crippen molar-refractivity contribution in [1.82, 2.24) is 9.78 Å². The average molecular weight is 286 g/mol. The van der Waals surface area contributed by atoms with E-state index in [0.29, 0.717) is 24.3 Å². The molecule has 2 rings (SSSR count). The van der Waals surface area contributed by atoms with E-state index in [1.54, 1.807) is 0 Å². The van der Waals surface area contributed by atoms with Crippen LogP contribution in [0.4, 0.5) is 0 Å². The number of hydrogen-bond donors (Lipinski definition) is 0. The van der Waals surface area contributed by atoms with Gasteiger partial charge in [0.25, 0.3) is 0 Å². The fourth-order valence-electron chi connectivity index (χ4n) is 2.24. The van der Waals surface area contributed by atoms with Crippen LogP contribution in [0, 0.1) is 0 Å². The van der Waals surface area contributed by atoms with Gasteiger partial charge in [-0.25, -0.2) is 0 Å². The van der Waals surface area contributed by atoms with Gasteiger partial charge in [0.15, 0.2) is 5.78 Å². The number of rotatable bonds is 7. The van der Waals surface area contributed by atoms with Crippen molar-refractivity contribution >= 4 is 5.78 Å². The smallest absolute Gasteiger partial charge is 0.166 e. The Hall–Kier alpha value is -2.10. The first-order valence-corrected chi connectivity index (χ1v) is 7.50. The first kappa shape index (κ1) is 15.3. The Balaban J connectivity index is 2.17. The summed E-state index contributed by atoms with van der Waals surface area (Å²) in [5.41, 5.74) is 2.75. The largest absolute Gasteiger partial charge is 0.487 e. The number of aromatic nitrogens is 2. The molecule has 112 valence electrons. The van der Waals surface area contributed by atoms with Crippen molar-refractivity contribution in [3.05, 3.63) is 47.3 Å². The molecule has 1 aromatic carbocycles. The SMILES string of the molecule is CCC(=O)c1ccccc1OCc1cc(CC)nn1CC. The molecule has 0 saturated heterocycles. The Bertz CT molecular complexity index is 617. The van der Waals surface area contributed by atoms with Crippen LogP contribution in [0.1, 0.15) is 48.9 Å². The molecular formula is C17H22N2O2. The predicted molar refractivity (Wildman–Crippen MR) is 82.7 cm³/mol. The predicted octanol–water partition coefficient (Wildman–Crippen LogP) is 3.64. The van der Waals surface area contributed by atoms with Crippen LogP contribution in [0.2, 0.25) is 0 Å². The Morgan fingerprint density at radius 1 is 1.24 bits per heavy atom. The number of benzene rings is 1. The molecule has 0 aliphatic rings. The third kappa shape index (κ3) is 3.51.